The van der Waals surface area contributed by atoms with Gasteiger partial charge in [0.1, 0.15) is 0 Å². The molecule has 2 aromatic rings. The summed E-state index contributed by atoms with van der Waals surface area (Å²) in [6.45, 7) is 3.80. The van der Waals surface area contributed by atoms with E-state index in [-0.39, 0.29) is 10.6 Å². The van der Waals surface area contributed by atoms with Crippen molar-refractivity contribution < 1.29 is 4.92 Å². The maximum absolute atomic E-state index is 11.0. The van der Waals surface area contributed by atoms with Crippen LogP contribution in [-0.4, -0.2) is 4.92 Å². The smallest absolute Gasteiger partial charge is 0.270 e. The Balaban J connectivity index is 2.57. The minimum absolute atomic E-state index is 0.0746. The molecule has 0 amide bonds. The fourth-order valence-electron chi connectivity index (χ4n) is 2.19. The van der Waals surface area contributed by atoms with E-state index in [9.17, 15) is 10.1 Å². The average Bonchev–Trinajstić information content (AvgIpc) is 2.41. The molecule has 0 saturated heterocycles. The number of hydrogen-bond donors (Lipinski definition) is 1. The number of aryl methyl sites for hydroxylation is 1. The van der Waals surface area contributed by atoms with E-state index in [2.05, 4.69) is 15.9 Å². The summed E-state index contributed by atoms with van der Waals surface area (Å²) in [5.41, 5.74) is 9.93. The van der Waals surface area contributed by atoms with Crippen LogP contribution in [0.5, 0.6) is 0 Å². The summed E-state index contributed by atoms with van der Waals surface area (Å²) in [5, 5.41) is 11.0. The molecule has 5 heteroatoms. The molecule has 104 valence electrons. The third-order valence-electron chi connectivity index (χ3n) is 3.48. The Morgan fingerprint density at radius 2 is 1.85 bits per heavy atom. The molecule has 0 saturated carbocycles. The van der Waals surface area contributed by atoms with Gasteiger partial charge in [0.05, 0.1) is 11.0 Å². The maximum Gasteiger partial charge on any atom is 0.270 e. The lowest BCUT2D eigenvalue weighted by Crippen LogP contribution is -2.15. The van der Waals surface area contributed by atoms with E-state index in [0.29, 0.717) is 0 Å². The first-order valence-electron chi connectivity index (χ1n) is 6.17. The third kappa shape index (κ3) is 2.73. The van der Waals surface area contributed by atoms with Crippen molar-refractivity contribution in [3.05, 3.63) is 73.2 Å². The highest BCUT2D eigenvalue weighted by Crippen LogP contribution is 2.32. The lowest BCUT2D eigenvalue weighted by atomic mass is 9.92. The molecule has 2 aromatic carbocycles. The van der Waals surface area contributed by atoms with Crippen LogP contribution in [0.4, 0.5) is 5.69 Å². The maximum atomic E-state index is 11.0. The predicted octanol–water partition coefficient (Wildman–Crippen LogP) is 4.02. The fourth-order valence-corrected chi connectivity index (χ4v) is 2.72. The first-order chi connectivity index (χ1) is 9.41. The van der Waals surface area contributed by atoms with Crippen LogP contribution < -0.4 is 5.73 Å². The number of hydrogen-bond acceptors (Lipinski definition) is 3. The van der Waals surface area contributed by atoms with Crippen molar-refractivity contribution in [1.29, 1.82) is 0 Å². The topological polar surface area (TPSA) is 69.2 Å². The molecule has 0 spiro atoms. The van der Waals surface area contributed by atoms with Gasteiger partial charge >= 0.3 is 0 Å². The van der Waals surface area contributed by atoms with Crippen molar-refractivity contribution >= 4 is 21.6 Å². The highest BCUT2D eigenvalue weighted by Gasteiger charge is 2.19. The van der Waals surface area contributed by atoms with Crippen molar-refractivity contribution in [2.45, 2.75) is 19.9 Å². The SMILES string of the molecule is Cc1cc([N+](=O)[O-])cc(C(N)c2ccccc2Br)c1C. The van der Waals surface area contributed by atoms with Gasteiger partial charge in [-0.15, -0.1) is 0 Å². The first-order valence-corrected chi connectivity index (χ1v) is 6.96. The van der Waals surface area contributed by atoms with Crippen LogP contribution in [0.15, 0.2) is 40.9 Å². The summed E-state index contributed by atoms with van der Waals surface area (Å²) >= 11 is 3.47. The quantitative estimate of drug-likeness (QED) is 0.680. The Labute approximate surface area is 125 Å². The van der Waals surface area contributed by atoms with E-state index in [0.717, 1.165) is 26.7 Å². The molecule has 1 atom stereocenters. The van der Waals surface area contributed by atoms with Crippen LogP contribution in [0.25, 0.3) is 0 Å². The summed E-state index contributed by atoms with van der Waals surface area (Å²) < 4.78 is 0.899. The standard InChI is InChI=1S/C15H15BrN2O2/c1-9-7-11(18(19)20)8-13(10(9)2)15(17)12-5-3-4-6-14(12)16/h3-8,15H,17H2,1-2H3. The Morgan fingerprint density at radius 3 is 2.45 bits per heavy atom. The minimum atomic E-state index is -0.399. The van der Waals surface area contributed by atoms with Gasteiger partial charge in [-0.3, -0.25) is 10.1 Å². The molecule has 4 nitrogen and oxygen atoms in total. The fraction of sp³-hybridized carbons (Fsp3) is 0.200. The molecule has 0 bridgehead atoms. The van der Waals surface area contributed by atoms with Crippen LogP contribution in [0.2, 0.25) is 0 Å². The lowest BCUT2D eigenvalue weighted by molar-refractivity contribution is -0.385. The Morgan fingerprint density at radius 1 is 1.20 bits per heavy atom. The summed E-state index contributed by atoms with van der Waals surface area (Å²) in [5.74, 6) is 0. The summed E-state index contributed by atoms with van der Waals surface area (Å²) in [6, 6.07) is 10.4. The van der Waals surface area contributed by atoms with Gasteiger partial charge in [0, 0.05) is 16.6 Å². The van der Waals surface area contributed by atoms with Gasteiger partial charge in [0.25, 0.3) is 5.69 Å². The van der Waals surface area contributed by atoms with Crippen LogP contribution >= 0.6 is 15.9 Å². The van der Waals surface area contributed by atoms with Crippen molar-refractivity contribution in [2.75, 3.05) is 0 Å². The molecule has 2 N–H and O–H groups in total. The second-order valence-corrected chi connectivity index (χ2v) is 5.59. The summed E-state index contributed by atoms with van der Waals surface area (Å²) in [6.07, 6.45) is 0. The monoisotopic (exact) mass is 334 g/mol. The van der Waals surface area contributed by atoms with E-state index in [4.69, 9.17) is 5.73 Å². The zero-order valence-electron chi connectivity index (χ0n) is 11.3. The van der Waals surface area contributed by atoms with E-state index in [1.54, 1.807) is 12.1 Å². The second-order valence-electron chi connectivity index (χ2n) is 4.73. The van der Waals surface area contributed by atoms with Crippen molar-refractivity contribution in [2.24, 2.45) is 5.73 Å². The van der Waals surface area contributed by atoms with E-state index < -0.39 is 6.04 Å². The number of rotatable bonds is 3. The summed E-state index contributed by atoms with van der Waals surface area (Å²) in [4.78, 5) is 10.6. The molecular weight excluding hydrogens is 320 g/mol. The zero-order valence-corrected chi connectivity index (χ0v) is 12.8. The van der Waals surface area contributed by atoms with Crippen LogP contribution in [0.1, 0.15) is 28.3 Å². The number of nitrogens with zero attached hydrogens (tertiary/aromatic N) is 1. The molecule has 2 rings (SSSR count). The molecule has 0 heterocycles. The minimum Gasteiger partial charge on any atom is -0.320 e. The molecule has 0 aliphatic heterocycles. The Bertz CT molecular complexity index is 671. The van der Waals surface area contributed by atoms with Gasteiger partial charge < -0.3 is 5.73 Å². The molecule has 0 aliphatic rings. The van der Waals surface area contributed by atoms with E-state index in [1.807, 2.05) is 38.1 Å². The van der Waals surface area contributed by atoms with Gasteiger partial charge in [0.15, 0.2) is 0 Å². The van der Waals surface area contributed by atoms with Crippen LogP contribution in [0.3, 0.4) is 0 Å². The summed E-state index contributed by atoms with van der Waals surface area (Å²) in [7, 11) is 0. The number of benzene rings is 2. The Kier molecular flexibility index (Phi) is 4.20. The zero-order chi connectivity index (χ0) is 14.9. The number of halogens is 1. The van der Waals surface area contributed by atoms with Gasteiger partial charge in [-0.1, -0.05) is 34.1 Å². The highest BCUT2D eigenvalue weighted by molar-refractivity contribution is 9.10. The number of non-ortho nitro benzene ring substituents is 1. The number of nitro benzene ring substituents is 1. The number of nitro groups is 1. The van der Waals surface area contributed by atoms with Gasteiger partial charge in [-0.2, -0.15) is 0 Å². The molecule has 0 fully saturated rings. The molecule has 1 unspecified atom stereocenters. The molecular formula is C15H15BrN2O2. The lowest BCUT2D eigenvalue weighted by Gasteiger charge is -2.18. The van der Waals surface area contributed by atoms with Gasteiger partial charge in [-0.05, 0) is 42.2 Å². The first kappa shape index (κ1) is 14.7. The van der Waals surface area contributed by atoms with Crippen molar-refractivity contribution in [3.63, 3.8) is 0 Å². The van der Waals surface area contributed by atoms with Crippen molar-refractivity contribution in [1.82, 2.24) is 0 Å². The van der Waals surface area contributed by atoms with E-state index >= 15 is 0 Å². The number of nitrogens with two attached hydrogens (primary N) is 1. The van der Waals surface area contributed by atoms with Crippen LogP contribution in [-0.2, 0) is 0 Å². The molecule has 0 aliphatic carbocycles. The average molecular weight is 335 g/mol. The molecule has 0 radical (unpaired) electrons. The second kappa shape index (κ2) is 5.73. The molecule has 0 aromatic heterocycles. The van der Waals surface area contributed by atoms with Gasteiger partial charge in [-0.25, -0.2) is 0 Å². The largest absolute Gasteiger partial charge is 0.320 e. The van der Waals surface area contributed by atoms with Crippen molar-refractivity contribution in [3.8, 4) is 0 Å². The third-order valence-corrected chi connectivity index (χ3v) is 4.20. The normalized spacial score (nSPS) is 12.2. The molecule has 20 heavy (non-hydrogen) atoms. The van der Waals surface area contributed by atoms with Gasteiger partial charge in [0.2, 0.25) is 0 Å². The van der Waals surface area contributed by atoms with E-state index in [1.165, 1.54) is 0 Å². The predicted molar refractivity (Wildman–Crippen MR) is 82.7 cm³/mol. The highest BCUT2D eigenvalue weighted by atomic mass is 79.9. The Hall–Kier alpha value is -1.72. The van der Waals surface area contributed by atoms with Crippen LogP contribution in [0, 0.1) is 24.0 Å².